The summed E-state index contributed by atoms with van der Waals surface area (Å²) in [6.45, 7) is 6.13. The van der Waals surface area contributed by atoms with Crippen LogP contribution in [0.3, 0.4) is 0 Å². The van der Waals surface area contributed by atoms with Gasteiger partial charge in [-0.2, -0.15) is 0 Å². The van der Waals surface area contributed by atoms with Crippen molar-refractivity contribution >= 4 is 5.82 Å². The summed E-state index contributed by atoms with van der Waals surface area (Å²) in [7, 11) is 0. The molecule has 0 aliphatic heterocycles. The molecule has 25 heavy (non-hydrogen) atoms. The van der Waals surface area contributed by atoms with Crippen molar-refractivity contribution in [2.24, 2.45) is 0 Å². The van der Waals surface area contributed by atoms with Gasteiger partial charge in [0.25, 0.3) is 0 Å². The molecule has 3 rings (SSSR count). The maximum absolute atomic E-state index is 5.76. The van der Waals surface area contributed by atoms with Gasteiger partial charge >= 0.3 is 0 Å². The zero-order chi connectivity index (χ0) is 17.6. The molecule has 128 valence electrons. The van der Waals surface area contributed by atoms with Crippen molar-refractivity contribution in [1.29, 1.82) is 0 Å². The van der Waals surface area contributed by atoms with Crippen molar-refractivity contribution in [3.05, 3.63) is 89.6 Å². The van der Waals surface area contributed by atoms with E-state index < -0.39 is 0 Å². The van der Waals surface area contributed by atoms with Gasteiger partial charge in [0.05, 0.1) is 12.1 Å². The van der Waals surface area contributed by atoms with Gasteiger partial charge in [0.2, 0.25) is 0 Å². The second kappa shape index (κ2) is 7.84. The lowest BCUT2D eigenvalue weighted by Gasteiger charge is -2.22. The molecule has 0 spiro atoms. The standard InChI is InChI=1S/C22H24N2O/c1-16(2)25-20-13-11-19(12-14-20)21(18-9-5-4-6-10-18)24-22-17(3)8-7-15-23-22/h4-16,21H,1-3H3,(H,23,24). The zero-order valence-electron chi connectivity index (χ0n) is 14.9. The number of nitrogens with one attached hydrogen (secondary N) is 1. The van der Waals surface area contributed by atoms with E-state index in [9.17, 15) is 0 Å². The number of pyridine rings is 1. The lowest BCUT2D eigenvalue weighted by atomic mass is 9.98. The number of anilines is 1. The summed E-state index contributed by atoms with van der Waals surface area (Å²) < 4.78 is 5.76. The summed E-state index contributed by atoms with van der Waals surface area (Å²) in [6.07, 6.45) is 1.99. The summed E-state index contributed by atoms with van der Waals surface area (Å²) in [5.74, 6) is 1.79. The maximum atomic E-state index is 5.76. The molecule has 3 aromatic rings. The molecule has 0 amide bonds. The quantitative estimate of drug-likeness (QED) is 0.658. The second-order valence-corrected chi connectivity index (χ2v) is 6.39. The minimum atomic E-state index is 0.0305. The molecule has 0 aliphatic rings. The molecule has 0 saturated heterocycles. The molecule has 0 fully saturated rings. The highest BCUT2D eigenvalue weighted by atomic mass is 16.5. The third-order valence-electron chi connectivity index (χ3n) is 4.01. The van der Waals surface area contributed by atoms with E-state index in [0.29, 0.717) is 0 Å². The van der Waals surface area contributed by atoms with E-state index in [2.05, 4.69) is 59.7 Å². The fraction of sp³-hybridized carbons (Fsp3) is 0.227. The molecule has 1 unspecified atom stereocenters. The highest BCUT2D eigenvalue weighted by Gasteiger charge is 2.15. The predicted octanol–water partition coefficient (Wildman–Crippen LogP) is 5.38. The minimum absolute atomic E-state index is 0.0305. The van der Waals surface area contributed by atoms with E-state index in [1.807, 2.05) is 44.3 Å². The number of rotatable bonds is 6. The summed E-state index contributed by atoms with van der Waals surface area (Å²) in [5.41, 5.74) is 3.50. The second-order valence-electron chi connectivity index (χ2n) is 6.39. The molecule has 0 bridgehead atoms. The first-order chi connectivity index (χ1) is 12.1. The number of aromatic nitrogens is 1. The highest BCUT2D eigenvalue weighted by Crippen LogP contribution is 2.28. The average Bonchev–Trinajstić information content (AvgIpc) is 2.62. The Labute approximate surface area is 149 Å². The highest BCUT2D eigenvalue weighted by molar-refractivity contribution is 5.49. The first-order valence-electron chi connectivity index (χ1n) is 8.63. The number of hydrogen-bond donors (Lipinski definition) is 1. The minimum Gasteiger partial charge on any atom is -0.491 e. The van der Waals surface area contributed by atoms with E-state index in [0.717, 1.165) is 17.1 Å². The van der Waals surface area contributed by atoms with Crippen LogP contribution in [0.1, 0.15) is 36.6 Å². The molecular formula is C22H24N2O. The summed E-state index contributed by atoms with van der Waals surface area (Å²) in [4.78, 5) is 4.49. The molecule has 0 saturated carbocycles. The Hall–Kier alpha value is -2.81. The van der Waals surface area contributed by atoms with Crippen molar-refractivity contribution in [1.82, 2.24) is 4.98 Å². The molecule has 1 N–H and O–H groups in total. The molecule has 0 radical (unpaired) electrons. The first kappa shape index (κ1) is 17.0. The molecular weight excluding hydrogens is 308 g/mol. The molecule has 3 heteroatoms. The van der Waals surface area contributed by atoms with Crippen molar-refractivity contribution in [3.8, 4) is 5.75 Å². The van der Waals surface area contributed by atoms with Crippen LogP contribution in [0.5, 0.6) is 5.75 Å². The molecule has 1 heterocycles. The Morgan fingerprint density at radius 3 is 2.16 bits per heavy atom. The van der Waals surface area contributed by atoms with Crippen LogP contribution in [-0.2, 0) is 0 Å². The largest absolute Gasteiger partial charge is 0.491 e. The average molecular weight is 332 g/mol. The van der Waals surface area contributed by atoms with Gasteiger partial charge in [-0.25, -0.2) is 4.98 Å². The van der Waals surface area contributed by atoms with Gasteiger partial charge in [-0.05, 0) is 55.7 Å². The maximum Gasteiger partial charge on any atom is 0.129 e. The third-order valence-corrected chi connectivity index (χ3v) is 4.01. The van der Waals surface area contributed by atoms with Crippen LogP contribution in [0, 0.1) is 6.92 Å². The van der Waals surface area contributed by atoms with E-state index in [-0.39, 0.29) is 12.1 Å². The number of ether oxygens (including phenoxy) is 1. The summed E-state index contributed by atoms with van der Waals surface area (Å²) in [6, 6.07) is 22.7. The lowest BCUT2D eigenvalue weighted by molar-refractivity contribution is 0.242. The van der Waals surface area contributed by atoms with Gasteiger partial charge in [0, 0.05) is 6.20 Å². The van der Waals surface area contributed by atoms with Gasteiger partial charge in [-0.15, -0.1) is 0 Å². The Kier molecular flexibility index (Phi) is 5.34. The normalized spacial score (nSPS) is 12.0. The Morgan fingerprint density at radius 1 is 0.840 bits per heavy atom. The SMILES string of the molecule is Cc1cccnc1NC(c1ccccc1)c1ccc(OC(C)C)cc1. The van der Waals surface area contributed by atoms with Gasteiger partial charge in [-0.1, -0.05) is 48.5 Å². The zero-order valence-corrected chi connectivity index (χ0v) is 14.9. The summed E-state index contributed by atoms with van der Waals surface area (Å²) >= 11 is 0. The van der Waals surface area contributed by atoms with Crippen LogP contribution in [0.15, 0.2) is 72.9 Å². The molecule has 1 aromatic heterocycles. The van der Waals surface area contributed by atoms with Crippen molar-refractivity contribution < 1.29 is 4.74 Å². The topological polar surface area (TPSA) is 34.2 Å². The van der Waals surface area contributed by atoms with Gasteiger partial charge < -0.3 is 10.1 Å². The fourth-order valence-electron chi connectivity index (χ4n) is 2.79. The number of benzene rings is 2. The molecule has 0 aliphatic carbocycles. The van der Waals surface area contributed by atoms with Gasteiger partial charge in [-0.3, -0.25) is 0 Å². The number of nitrogens with zero attached hydrogens (tertiary/aromatic N) is 1. The van der Waals surface area contributed by atoms with Crippen LogP contribution in [0.2, 0.25) is 0 Å². The lowest BCUT2D eigenvalue weighted by Crippen LogP contribution is -2.14. The van der Waals surface area contributed by atoms with Crippen LogP contribution in [-0.4, -0.2) is 11.1 Å². The molecule has 2 aromatic carbocycles. The molecule has 3 nitrogen and oxygen atoms in total. The number of hydrogen-bond acceptors (Lipinski definition) is 3. The third kappa shape index (κ3) is 4.38. The van der Waals surface area contributed by atoms with Crippen molar-refractivity contribution in [3.63, 3.8) is 0 Å². The van der Waals surface area contributed by atoms with E-state index in [1.165, 1.54) is 11.1 Å². The Morgan fingerprint density at radius 2 is 1.52 bits per heavy atom. The van der Waals surface area contributed by atoms with Crippen LogP contribution in [0.4, 0.5) is 5.82 Å². The Balaban J connectivity index is 1.93. The molecule has 1 atom stereocenters. The van der Waals surface area contributed by atoms with Crippen LogP contribution >= 0.6 is 0 Å². The Bertz CT molecular complexity index is 798. The van der Waals surface area contributed by atoms with E-state index in [4.69, 9.17) is 4.74 Å². The van der Waals surface area contributed by atoms with Crippen molar-refractivity contribution in [2.75, 3.05) is 5.32 Å². The predicted molar refractivity (Wildman–Crippen MR) is 103 cm³/mol. The smallest absolute Gasteiger partial charge is 0.129 e. The van der Waals surface area contributed by atoms with Crippen LogP contribution in [0.25, 0.3) is 0 Å². The first-order valence-corrected chi connectivity index (χ1v) is 8.63. The van der Waals surface area contributed by atoms with Gasteiger partial charge in [0.15, 0.2) is 0 Å². The van der Waals surface area contributed by atoms with Crippen molar-refractivity contribution in [2.45, 2.75) is 32.9 Å². The monoisotopic (exact) mass is 332 g/mol. The van der Waals surface area contributed by atoms with Gasteiger partial charge in [0.1, 0.15) is 11.6 Å². The number of aryl methyl sites for hydroxylation is 1. The van der Waals surface area contributed by atoms with Crippen LogP contribution < -0.4 is 10.1 Å². The van der Waals surface area contributed by atoms with E-state index in [1.54, 1.807) is 0 Å². The fourth-order valence-corrected chi connectivity index (χ4v) is 2.79. The summed E-state index contributed by atoms with van der Waals surface area (Å²) in [5, 5.41) is 3.59. The van der Waals surface area contributed by atoms with E-state index >= 15 is 0 Å².